The summed E-state index contributed by atoms with van der Waals surface area (Å²) in [5.74, 6) is 3.45. The highest BCUT2D eigenvalue weighted by Gasteiger charge is 2.55. The first kappa shape index (κ1) is 18.6. The number of hydrogen-bond acceptors (Lipinski definition) is 2. The lowest BCUT2D eigenvalue weighted by molar-refractivity contribution is -0.0530. The van der Waals surface area contributed by atoms with Crippen molar-refractivity contribution >= 4 is 13.4 Å². The number of aromatic hydroxyl groups is 1. The number of phenolic OH excluding ortho intramolecular Hbond substituents is 1. The molecule has 2 nitrogen and oxygen atoms in total. The fourth-order valence-corrected chi connectivity index (χ4v) is 9.93. The van der Waals surface area contributed by atoms with Gasteiger partial charge in [0.25, 0.3) is 0 Å². The van der Waals surface area contributed by atoms with Crippen molar-refractivity contribution in [1.82, 2.24) is 4.57 Å². The van der Waals surface area contributed by atoms with Gasteiger partial charge in [-0.2, -0.15) is 0 Å². The lowest BCUT2D eigenvalue weighted by atomic mass is 9.53. The third kappa shape index (κ3) is 2.77. The Morgan fingerprint density at radius 3 is 1.96 bits per heavy atom. The molecule has 0 aromatic heterocycles. The topological polar surface area (TPSA) is 23.5 Å². The van der Waals surface area contributed by atoms with E-state index in [1.165, 1.54) is 43.7 Å². The van der Waals surface area contributed by atoms with E-state index in [9.17, 15) is 5.11 Å². The molecule has 1 aromatic rings. The van der Waals surface area contributed by atoms with Crippen molar-refractivity contribution < 1.29 is 5.11 Å². The number of phenols is 1. The van der Waals surface area contributed by atoms with Crippen LogP contribution in [0.2, 0.25) is 13.1 Å². The summed E-state index contributed by atoms with van der Waals surface area (Å²) in [6.07, 6.45) is 8.64. The minimum absolute atomic E-state index is 0.0240. The van der Waals surface area contributed by atoms with Gasteiger partial charge in [0.2, 0.25) is 0 Å². The molecule has 0 spiro atoms. The Hall–Kier alpha value is -0.803. The van der Waals surface area contributed by atoms with Gasteiger partial charge in [-0.05, 0) is 79.5 Å². The molecule has 5 rings (SSSR count). The van der Waals surface area contributed by atoms with Crippen molar-refractivity contribution in [2.24, 2.45) is 17.8 Å². The first-order chi connectivity index (χ1) is 12.0. The van der Waals surface area contributed by atoms with Crippen LogP contribution < -0.4 is 5.19 Å². The van der Waals surface area contributed by atoms with Crippen LogP contribution in [-0.4, -0.2) is 30.5 Å². The molecule has 4 aliphatic carbocycles. The van der Waals surface area contributed by atoms with E-state index in [0.717, 1.165) is 23.3 Å². The molecular weight excluding hydrogens is 334 g/mol. The number of para-hydroxylation sites is 1. The van der Waals surface area contributed by atoms with Crippen LogP contribution in [0.4, 0.5) is 0 Å². The standard InChI is InChI=1S/C23H37NOSi/c1-22(2,3)19-8-7-9-20(21(19)25)26(5,6)24(4)23-13-16-10-17(14-23)12-18(11-16)15-23/h7-9,16-18,25H,10-15H2,1-6H3. The number of hydrogen-bond donors (Lipinski definition) is 1. The molecule has 4 fully saturated rings. The van der Waals surface area contributed by atoms with Gasteiger partial charge in [0.15, 0.2) is 8.24 Å². The SMILES string of the molecule is CN(C12CC3CC(CC(C3)C1)C2)[Si](C)(C)c1cccc(C(C)(C)C)c1O. The molecule has 144 valence electrons. The third-order valence-electron chi connectivity index (χ3n) is 8.06. The zero-order valence-corrected chi connectivity index (χ0v) is 18.6. The Morgan fingerprint density at radius 2 is 1.50 bits per heavy atom. The molecule has 0 unspecified atom stereocenters. The van der Waals surface area contributed by atoms with Gasteiger partial charge in [-0.25, -0.2) is 0 Å². The first-order valence-corrected chi connectivity index (χ1v) is 13.5. The van der Waals surface area contributed by atoms with Crippen LogP contribution in [0.1, 0.15) is 64.9 Å². The Bertz CT molecular complexity index is 667. The van der Waals surface area contributed by atoms with Crippen molar-refractivity contribution in [1.29, 1.82) is 0 Å². The van der Waals surface area contributed by atoms with Crippen LogP contribution in [0.15, 0.2) is 18.2 Å². The maximum atomic E-state index is 11.2. The number of benzene rings is 1. The van der Waals surface area contributed by atoms with Crippen LogP contribution in [-0.2, 0) is 5.41 Å². The molecule has 4 bridgehead atoms. The monoisotopic (exact) mass is 371 g/mol. The van der Waals surface area contributed by atoms with E-state index in [1.54, 1.807) is 0 Å². The molecule has 0 atom stereocenters. The number of rotatable bonds is 3. The molecule has 1 aromatic carbocycles. The zero-order chi connectivity index (χ0) is 18.9. The van der Waals surface area contributed by atoms with Crippen LogP contribution >= 0.6 is 0 Å². The summed E-state index contributed by atoms with van der Waals surface area (Å²) in [7, 11) is 0.452. The predicted octanol–water partition coefficient (Wildman–Crippen LogP) is 5.00. The summed E-state index contributed by atoms with van der Waals surface area (Å²) in [5.41, 5.74) is 1.47. The second-order valence-electron chi connectivity index (χ2n) is 11.2. The predicted molar refractivity (Wildman–Crippen MR) is 113 cm³/mol. The molecule has 3 heteroatoms. The molecule has 1 N–H and O–H groups in total. The second kappa shape index (κ2) is 5.85. The van der Waals surface area contributed by atoms with Crippen LogP contribution in [0, 0.1) is 17.8 Å². The maximum absolute atomic E-state index is 11.2. The van der Waals surface area contributed by atoms with E-state index < -0.39 is 8.24 Å². The van der Waals surface area contributed by atoms with Crippen LogP contribution in [0.3, 0.4) is 0 Å². The van der Waals surface area contributed by atoms with Crippen molar-refractivity contribution in [3.05, 3.63) is 23.8 Å². The molecule has 26 heavy (non-hydrogen) atoms. The first-order valence-electron chi connectivity index (χ1n) is 10.6. The minimum Gasteiger partial charge on any atom is -0.508 e. The van der Waals surface area contributed by atoms with Crippen molar-refractivity contribution in [3.63, 3.8) is 0 Å². The Labute approximate surface area is 161 Å². The highest BCUT2D eigenvalue weighted by atomic mass is 28.3. The third-order valence-corrected chi connectivity index (χ3v) is 11.9. The van der Waals surface area contributed by atoms with Crippen molar-refractivity contribution in [2.75, 3.05) is 7.05 Å². The Morgan fingerprint density at radius 1 is 1.00 bits per heavy atom. The van der Waals surface area contributed by atoms with Gasteiger partial charge >= 0.3 is 0 Å². The van der Waals surface area contributed by atoms with Gasteiger partial charge in [-0.1, -0.05) is 52.1 Å². The largest absolute Gasteiger partial charge is 0.508 e. The molecule has 0 radical (unpaired) electrons. The van der Waals surface area contributed by atoms with E-state index in [4.69, 9.17) is 0 Å². The fourth-order valence-electron chi connectivity index (χ4n) is 6.89. The van der Waals surface area contributed by atoms with Gasteiger partial charge in [-0.3, -0.25) is 0 Å². The van der Waals surface area contributed by atoms with E-state index in [0.29, 0.717) is 11.3 Å². The van der Waals surface area contributed by atoms with Crippen LogP contribution in [0.25, 0.3) is 0 Å². The summed E-state index contributed by atoms with van der Waals surface area (Å²) >= 11 is 0. The van der Waals surface area contributed by atoms with E-state index in [1.807, 2.05) is 0 Å². The van der Waals surface area contributed by atoms with Crippen molar-refractivity contribution in [3.8, 4) is 5.75 Å². The van der Waals surface area contributed by atoms with Gasteiger partial charge in [0.1, 0.15) is 5.75 Å². The fraction of sp³-hybridized carbons (Fsp3) is 0.739. The molecular formula is C23H37NOSi. The van der Waals surface area contributed by atoms with Gasteiger partial charge < -0.3 is 9.67 Å². The molecule has 0 heterocycles. The minimum atomic E-state index is -1.94. The summed E-state index contributed by atoms with van der Waals surface area (Å²) in [6, 6.07) is 6.47. The second-order valence-corrected chi connectivity index (χ2v) is 15.5. The van der Waals surface area contributed by atoms with Gasteiger partial charge in [0, 0.05) is 5.54 Å². The number of nitrogens with zero attached hydrogens (tertiary/aromatic N) is 1. The van der Waals surface area contributed by atoms with E-state index in [2.05, 4.69) is 63.7 Å². The highest BCUT2D eigenvalue weighted by molar-refractivity contribution is 6.88. The van der Waals surface area contributed by atoms with Crippen LogP contribution in [0.5, 0.6) is 5.75 Å². The molecule has 0 amide bonds. The highest BCUT2D eigenvalue weighted by Crippen LogP contribution is 2.58. The Balaban J connectivity index is 1.71. The summed E-state index contributed by atoms with van der Waals surface area (Å²) in [6.45, 7) is 11.5. The quantitative estimate of drug-likeness (QED) is 0.756. The average molecular weight is 372 g/mol. The summed E-state index contributed by atoms with van der Waals surface area (Å²) in [5, 5.41) is 12.4. The Kier molecular flexibility index (Phi) is 4.17. The van der Waals surface area contributed by atoms with Gasteiger partial charge in [0.05, 0.1) is 0 Å². The normalized spacial score (nSPS) is 33.9. The smallest absolute Gasteiger partial charge is 0.159 e. The van der Waals surface area contributed by atoms with E-state index >= 15 is 0 Å². The lowest BCUT2D eigenvalue weighted by Gasteiger charge is -2.62. The molecule has 4 saturated carbocycles. The molecule has 0 aliphatic heterocycles. The lowest BCUT2D eigenvalue weighted by Crippen LogP contribution is -2.69. The molecule has 0 saturated heterocycles. The van der Waals surface area contributed by atoms with Gasteiger partial charge in [-0.15, -0.1) is 0 Å². The van der Waals surface area contributed by atoms with E-state index in [-0.39, 0.29) is 5.41 Å². The summed E-state index contributed by atoms with van der Waals surface area (Å²) in [4.78, 5) is 0. The maximum Gasteiger partial charge on any atom is 0.159 e. The average Bonchev–Trinajstić information content (AvgIpc) is 2.51. The zero-order valence-electron chi connectivity index (χ0n) is 17.6. The van der Waals surface area contributed by atoms with Crippen molar-refractivity contribution in [2.45, 2.75) is 83.3 Å². The molecule has 4 aliphatic rings. The summed E-state index contributed by atoms with van der Waals surface area (Å²) < 4.78 is 2.80.